The zero-order chi connectivity index (χ0) is 15.4. The Labute approximate surface area is 132 Å². The van der Waals surface area contributed by atoms with Gasteiger partial charge in [-0.05, 0) is 37.0 Å². The van der Waals surface area contributed by atoms with Crippen molar-refractivity contribution < 1.29 is 5.11 Å². The molecule has 0 amide bonds. The normalized spacial score (nSPS) is 17.0. The molecule has 1 heterocycles. The van der Waals surface area contributed by atoms with Gasteiger partial charge in [-0.1, -0.05) is 37.1 Å². The molecule has 1 fully saturated rings. The van der Waals surface area contributed by atoms with Crippen LogP contribution in [0.15, 0.2) is 36.5 Å². The highest BCUT2D eigenvalue weighted by molar-refractivity contribution is 5.25. The first-order valence-corrected chi connectivity index (χ1v) is 8.23. The molecule has 0 saturated heterocycles. The average Bonchev–Trinajstić information content (AvgIpc) is 3.23. The van der Waals surface area contributed by atoms with Crippen LogP contribution in [0.5, 0.6) is 0 Å². The third-order valence-corrected chi connectivity index (χ3v) is 4.59. The summed E-state index contributed by atoms with van der Waals surface area (Å²) >= 11 is 0. The molecule has 1 unspecified atom stereocenters. The molecule has 1 aliphatic rings. The Balaban J connectivity index is 1.57. The molecule has 22 heavy (non-hydrogen) atoms. The number of hydrogen-bond donors (Lipinski definition) is 2. The molecule has 1 saturated carbocycles. The van der Waals surface area contributed by atoms with E-state index in [-0.39, 0.29) is 12.6 Å². The van der Waals surface area contributed by atoms with Gasteiger partial charge in [0.05, 0.1) is 18.3 Å². The van der Waals surface area contributed by atoms with Crippen LogP contribution >= 0.6 is 0 Å². The molecule has 1 aliphatic carbocycles. The van der Waals surface area contributed by atoms with Crippen LogP contribution in [0.25, 0.3) is 0 Å². The second-order valence-electron chi connectivity index (χ2n) is 6.23. The Morgan fingerprint density at radius 1 is 1.32 bits per heavy atom. The van der Waals surface area contributed by atoms with Crippen molar-refractivity contribution in [2.75, 3.05) is 0 Å². The summed E-state index contributed by atoms with van der Waals surface area (Å²) < 4.78 is 2.14. The van der Waals surface area contributed by atoms with Gasteiger partial charge in [0.25, 0.3) is 0 Å². The molecule has 3 rings (SSSR count). The summed E-state index contributed by atoms with van der Waals surface area (Å²) in [6.45, 7) is 3.00. The minimum absolute atomic E-state index is 0.0896. The minimum Gasteiger partial charge on any atom is -0.392 e. The van der Waals surface area contributed by atoms with Crippen molar-refractivity contribution in [3.05, 3.63) is 53.3 Å². The number of aliphatic hydroxyl groups excluding tert-OH is 1. The van der Waals surface area contributed by atoms with Crippen LogP contribution in [0.4, 0.5) is 0 Å². The Hall–Kier alpha value is -1.65. The number of benzene rings is 1. The van der Waals surface area contributed by atoms with E-state index in [0.717, 1.165) is 17.8 Å². The SMILES string of the molecule is CC(NCc1ccn(C2CCCC2)n1)c1cccc(CO)c1. The standard InChI is InChI=1S/C18H25N3O/c1-14(16-6-4-5-15(11-16)13-22)19-12-17-9-10-21(20-17)18-7-2-3-8-18/h4-6,9-11,14,18-19,22H,2-3,7-8,12-13H2,1H3. The van der Waals surface area contributed by atoms with Crippen molar-refractivity contribution >= 4 is 0 Å². The minimum atomic E-state index is 0.0896. The average molecular weight is 299 g/mol. The van der Waals surface area contributed by atoms with Gasteiger partial charge in [-0.2, -0.15) is 5.10 Å². The molecule has 0 spiro atoms. The lowest BCUT2D eigenvalue weighted by Crippen LogP contribution is -2.19. The maximum Gasteiger partial charge on any atom is 0.0762 e. The third kappa shape index (κ3) is 3.57. The quantitative estimate of drug-likeness (QED) is 0.860. The van der Waals surface area contributed by atoms with Crippen LogP contribution in [0, 0.1) is 0 Å². The summed E-state index contributed by atoms with van der Waals surface area (Å²) in [7, 11) is 0. The lowest BCUT2D eigenvalue weighted by Gasteiger charge is -2.14. The van der Waals surface area contributed by atoms with E-state index in [2.05, 4.69) is 41.3 Å². The van der Waals surface area contributed by atoms with Crippen molar-refractivity contribution in [3.63, 3.8) is 0 Å². The fourth-order valence-corrected chi connectivity index (χ4v) is 3.18. The predicted molar refractivity (Wildman–Crippen MR) is 87.4 cm³/mol. The van der Waals surface area contributed by atoms with Crippen LogP contribution in [0.3, 0.4) is 0 Å². The maximum absolute atomic E-state index is 9.23. The lowest BCUT2D eigenvalue weighted by molar-refractivity contribution is 0.281. The van der Waals surface area contributed by atoms with E-state index in [1.165, 1.54) is 31.2 Å². The van der Waals surface area contributed by atoms with Gasteiger partial charge in [-0.3, -0.25) is 4.68 Å². The van der Waals surface area contributed by atoms with Crippen molar-refractivity contribution in [2.24, 2.45) is 0 Å². The Bertz CT molecular complexity index is 602. The number of aromatic nitrogens is 2. The van der Waals surface area contributed by atoms with Gasteiger partial charge in [0.15, 0.2) is 0 Å². The van der Waals surface area contributed by atoms with Crippen molar-refractivity contribution in [1.29, 1.82) is 0 Å². The zero-order valence-corrected chi connectivity index (χ0v) is 13.2. The van der Waals surface area contributed by atoms with E-state index in [9.17, 15) is 5.11 Å². The van der Waals surface area contributed by atoms with Gasteiger partial charge < -0.3 is 10.4 Å². The smallest absolute Gasteiger partial charge is 0.0762 e. The van der Waals surface area contributed by atoms with Gasteiger partial charge in [0, 0.05) is 18.8 Å². The first-order chi connectivity index (χ1) is 10.8. The molecule has 1 aromatic heterocycles. The highest BCUT2D eigenvalue weighted by Crippen LogP contribution is 2.28. The predicted octanol–water partition coefficient (Wildman–Crippen LogP) is 3.34. The molecule has 1 aromatic carbocycles. The van der Waals surface area contributed by atoms with Crippen molar-refractivity contribution in [1.82, 2.24) is 15.1 Å². The van der Waals surface area contributed by atoms with E-state index in [1.807, 2.05) is 12.1 Å². The number of rotatable bonds is 6. The second-order valence-corrected chi connectivity index (χ2v) is 6.23. The molecular weight excluding hydrogens is 274 g/mol. The van der Waals surface area contributed by atoms with Crippen molar-refractivity contribution in [3.8, 4) is 0 Å². The molecule has 0 aliphatic heterocycles. The monoisotopic (exact) mass is 299 g/mol. The third-order valence-electron chi connectivity index (χ3n) is 4.59. The van der Waals surface area contributed by atoms with E-state index in [4.69, 9.17) is 5.10 Å². The van der Waals surface area contributed by atoms with E-state index in [1.54, 1.807) is 0 Å². The number of nitrogens with zero attached hydrogens (tertiary/aromatic N) is 2. The fraction of sp³-hybridized carbons (Fsp3) is 0.500. The molecule has 0 bridgehead atoms. The van der Waals surface area contributed by atoms with E-state index in [0.29, 0.717) is 6.04 Å². The summed E-state index contributed by atoms with van der Waals surface area (Å²) in [6, 6.07) is 11.0. The summed E-state index contributed by atoms with van der Waals surface area (Å²) in [6.07, 6.45) is 7.30. The largest absolute Gasteiger partial charge is 0.392 e. The molecule has 4 nitrogen and oxygen atoms in total. The van der Waals surface area contributed by atoms with Crippen LogP contribution in [0.1, 0.15) is 61.5 Å². The van der Waals surface area contributed by atoms with E-state index >= 15 is 0 Å². The molecular formula is C18H25N3O. The Kier molecular flexibility index (Phi) is 4.90. The van der Waals surface area contributed by atoms with Crippen LogP contribution < -0.4 is 5.32 Å². The molecule has 2 aromatic rings. The van der Waals surface area contributed by atoms with Gasteiger partial charge >= 0.3 is 0 Å². The zero-order valence-electron chi connectivity index (χ0n) is 13.2. The fourth-order valence-electron chi connectivity index (χ4n) is 3.18. The van der Waals surface area contributed by atoms with Gasteiger partial charge in [0.1, 0.15) is 0 Å². The van der Waals surface area contributed by atoms with Crippen LogP contribution in [-0.2, 0) is 13.2 Å². The number of aliphatic hydroxyl groups is 1. The van der Waals surface area contributed by atoms with E-state index < -0.39 is 0 Å². The maximum atomic E-state index is 9.23. The molecule has 4 heteroatoms. The summed E-state index contributed by atoms with van der Waals surface area (Å²) in [5, 5.41) is 17.4. The van der Waals surface area contributed by atoms with Gasteiger partial charge in [-0.15, -0.1) is 0 Å². The van der Waals surface area contributed by atoms with Crippen LogP contribution in [0.2, 0.25) is 0 Å². The van der Waals surface area contributed by atoms with Crippen molar-refractivity contribution in [2.45, 2.75) is 57.8 Å². The molecule has 0 radical (unpaired) electrons. The Morgan fingerprint density at radius 3 is 2.91 bits per heavy atom. The summed E-state index contributed by atoms with van der Waals surface area (Å²) in [4.78, 5) is 0. The topological polar surface area (TPSA) is 50.1 Å². The first-order valence-electron chi connectivity index (χ1n) is 8.23. The second kappa shape index (κ2) is 7.07. The molecule has 1 atom stereocenters. The summed E-state index contributed by atoms with van der Waals surface area (Å²) in [5.74, 6) is 0. The number of hydrogen-bond acceptors (Lipinski definition) is 3. The molecule has 118 valence electrons. The lowest BCUT2D eigenvalue weighted by atomic mass is 10.1. The highest BCUT2D eigenvalue weighted by Gasteiger charge is 2.17. The number of nitrogens with one attached hydrogen (secondary N) is 1. The molecule has 2 N–H and O–H groups in total. The Morgan fingerprint density at radius 2 is 2.14 bits per heavy atom. The summed E-state index contributed by atoms with van der Waals surface area (Å²) in [5.41, 5.74) is 3.25. The highest BCUT2D eigenvalue weighted by atomic mass is 16.3. The van der Waals surface area contributed by atoms with Gasteiger partial charge in [0.2, 0.25) is 0 Å². The first kappa shape index (κ1) is 15.3. The van der Waals surface area contributed by atoms with Gasteiger partial charge in [-0.25, -0.2) is 0 Å². The van der Waals surface area contributed by atoms with Crippen LogP contribution in [-0.4, -0.2) is 14.9 Å².